The van der Waals surface area contributed by atoms with Crippen molar-refractivity contribution in [3.8, 4) is 0 Å². The minimum absolute atomic E-state index is 0.0268. The second-order valence-corrected chi connectivity index (χ2v) is 2.43. The summed E-state index contributed by atoms with van der Waals surface area (Å²) >= 11 is 0. The van der Waals surface area contributed by atoms with Gasteiger partial charge in [0.25, 0.3) is 0 Å². The van der Waals surface area contributed by atoms with E-state index in [2.05, 4.69) is 0 Å². The van der Waals surface area contributed by atoms with E-state index < -0.39 is 5.97 Å². The third-order valence-electron chi connectivity index (χ3n) is 1.39. The van der Waals surface area contributed by atoms with Gasteiger partial charge in [0.05, 0.1) is 0 Å². The lowest BCUT2D eigenvalue weighted by atomic mass is 10.0. The van der Waals surface area contributed by atoms with Crippen LogP contribution in [0.4, 0.5) is 0 Å². The van der Waals surface area contributed by atoms with Gasteiger partial charge < -0.3 is 10.8 Å². The predicted molar refractivity (Wildman–Crippen MR) is 35.1 cm³/mol. The third kappa shape index (κ3) is 3.97. The Morgan fingerprint density at radius 1 is 1.67 bits per heavy atom. The maximum atomic E-state index is 10.1. The first-order chi connectivity index (χ1) is 4.04. The lowest BCUT2D eigenvalue weighted by Gasteiger charge is -2.11. The molecule has 0 aromatic heterocycles. The maximum absolute atomic E-state index is 10.1. The lowest BCUT2D eigenvalue weighted by Crippen LogP contribution is -2.26. The second-order valence-electron chi connectivity index (χ2n) is 2.43. The number of carboxylic acid groups (broad SMARTS) is 1. The quantitative estimate of drug-likeness (QED) is 0.584. The number of nitrogens with two attached hydrogens (primary N) is 1. The van der Waals surface area contributed by atoms with Gasteiger partial charge in [0.2, 0.25) is 0 Å². The molecule has 0 spiro atoms. The van der Waals surface area contributed by atoms with Gasteiger partial charge in [-0.05, 0) is 12.8 Å². The summed E-state index contributed by atoms with van der Waals surface area (Å²) in [6.45, 7) is 3.65. The molecule has 0 bridgehead atoms. The van der Waals surface area contributed by atoms with E-state index in [9.17, 15) is 4.79 Å². The van der Waals surface area contributed by atoms with Crippen LogP contribution in [0.3, 0.4) is 0 Å². The molecule has 0 radical (unpaired) electrons. The fraction of sp³-hybridized carbons (Fsp3) is 0.833. The lowest BCUT2D eigenvalue weighted by molar-refractivity contribution is -0.138. The Labute approximate surface area is 54.9 Å². The summed E-state index contributed by atoms with van der Waals surface area (Å²) in [5.41, 5.74) is 5.42. The van der Waals surface area contributed by atoms with Crippen molar-refractivity contribution < 1.29 is 9.90 Å². The number of rotatable bonds is 3. The number of carbonyl (C=O) groups is 1. The molecule has 0 aliphatic rings. The van der Waals surface area contributed by atoms with Crippen molar-refractivity contribution in [3.05, 3.63) is 0 Å². The number of hydrogen-bond acceptors (Lipinski definition) is 2. The fourth-order valence-corrected chi connectivity index (χ4v) is 0.461. The van der Waals surface area contributed by atoms with Crippen molar-refractivity contribution in [2.75, 3.05) is 0 Å². The third-order valence-corrected chi connectivity index (χ3v) is 1.39. The molecule has 3 N–H and O–H groups in total. The molecule has 3 nitrogen and oxygen atoms in total. The van der Waals surface area contributed by atoms with E-state index in [-0.39, 0.29) is 18.4 Å². The van der Waals surface area contributed by atoms with Crippen molar-refractivity contribution >= 4 is 5.97 Å². The van der Waals surface area contributed by atoms with Gasteiger partial charge in [-0.2, -0.15) is 0 Å². The molecule has 0 aromatic carbocycles. The van der Waals surface area contributed by atoms with Crippen molar-refractivity contribution in [1.82, 2.24) is 0 Å². The molecule has 0 saturated carbocycles. The van der Waals surface area contributed by atoms with E-state index in [1.807, 2.05) is 13.8 Å². The normalized spacial score (nSPS) is 16.8. The summed E-state index contributed by atoms with van der Waals surface area (Å²) in [5, 5.41) is 8.28. The van der Waals surface area contributed by atoms with E-state index >= 15 is 0 Å². The predicted octanol–water partition coefficient (Wildman–Crippen LogP) is 0.444. The molecule has 2 atom stereocenters. The van der Waals surface area contributed by atoms with Crippen LogP contribution in [0.15, 0.2) is 0 Å². The van der Waals surface area contributed by atoms with Crippen LogP contribution in [0.5, 0.6) is 0 Å². The highest BCUT2D eigenvalue weighted by atomic mass is 16.4. The Balaban J connectivity index is 3.50. The first-order valence-electron chi connectivity index (χ1n) is 3.01. The molecule has 0 aliphatic carbocycles. The van der Waals surface area contributed by atoms with Crippen LogP contribution in [0.1, 0.15) is 20.3 Å². The molecule has 0 fully saturated rings. The van der Waals surface area contributed by atoms with Crippen LogP contribution in [0.25, 0.3) is 0 Å². The minimum Gasteiger partial charge on any atom is -0.481 e. The molecular weight excluding hydrogens is 118 g/mol. The van der Waals surface area contributed by atoms with E-state index in [1.165, 1.54) is 0 Å². The van der Waals surface area contributed by atoms with Crippen LogP contribution in [0.2, 0.25) is 0 Å². The van der Waals surface area contributed by atoms with E-state index in [0.29, 0.717) is 0 Å². The molecule has 0 rings (SSSR count). The van der Waals surface area contributed by atoms with Crippen LogP contribution >= 0.6 is 0 Å². The Morgan fingerprint density at radius 3 is 2.22 bits per heavy atom. The van der Waals surface area contributed by atoms with Crippen molar-refractivity contribution in [2.24, 2.45) is 11.7 Å². The van der Waals surface area contributed by atoms with Crippen molar-refractivity contribution in [2.45, 2.75) is 26.3 Å². The smallest absolute Gasteiger partial charge is 0.303 e. The minimum atomic E-state index is -0.778. The van der Waals surface area contributed by atoms with Crippen molar-refractivity contribution in [3.63, 3.8) is 0 Å². The van der Waals surface area contributed by atoms with Crippen LogP contribution in [0, 0.1) is 5.92 Å². The van der Waals surface area contributed by atoms with Gasteiger partial charge in [0.15, 0.2) is 0 Å². The molecule has 0 saturated heterocycles. The zero-order valence-corrected chi connectivity index (χ0v) is 5.79. The van der Waals surface area contributed by atoms with Crippen molar-refractivity contribution in [1.29, 1.82) is 0 Å². The zero-order chi connectivity index (χ0) is 7.44. The highest BCUT2D eigenvalue weighted by Crippen LogP contribution is 2.04. The maximum Gasteiger partial charge on any atom is 0.303 e. The van der Waals surface area contributed by atoms with Gasteiger partial charge in [-0.25, -0.2) is 0 Å². The highest BCUT2D eigenvalue weighted by molar-refractivity contribution is 5.67. The Bertz CT molecular complexity index is 101. The summed E-state index contributed by atoms with van der Waals surface area (Å²) in [6, 6.07) is -0.0268. The first kappa shape index (κ1) is 8.43. The van der Waals surface area contributed by atoms with Crippen LogP contribution in [-0.2, 0) is 4.79 Å². The highest BCUT2D eigenvalue weighted by Gasteiger charge is 2.10. The summed E-state index contributed by atoms with van der Waals surface area (Å²) in [6.07, 6.45) is 0.164. The molecule has 54 valence electrons. The van der Waals surface area contributed by atoms with Gasteiger partial charge in [-0.1, -0.05) is 6.92 Å². The number of aliphatic carboxylic acids is 1. The average Bonchev–Trinajstić information content (AvgIpc) is 1.63. The summed E-state index contributed by atoms with van der Waals surface area (Å²) < 4.78 is 0. The fourth-order valence-electron chi connectivity index (χ4n) is 0.461. The van der Waals surface area contributed by atoms with Gasteiger partial charge in [0, 0.05) is 12.5 Å². The first-order valence-corrected chi connectivity index (χ1v) is 3.01. The summed E-state index contributed by atoms with van der Waals surface area (Å²) in [7, 11) is 0. The van der Waals surface area contributed by atoms with Gasteiger partial charge in [-0.3, -0.25) is 4.79 Å². The topological polar surface area (TPSA) is 63.3 Å². The standard InChI is InChI=1S/C6H13NO2/c1-4(5(2)7)3-6(8)9/h4-5H,3,7H2,1-2H3,(H,8,9)/t4-,5-/m0/s1. The van der Waals surface area contributed by atoms with E-state index in [1.54, 1.807) is 0 Å². The summed E-state index contributed by atoms with van der Waals surface area (Å²) in [5.74, 6) is -0.706. The Kier molecular flexibility index (Phi) is 3.24. The molecular formula is C6H13NO2. The molecule has 0 heterocycles. The van der Waals surface area contributed by atoms with E-state index in [4.69, 9.17) is 10.8 Å². The van der Waals surface area contributed by atoms with Crippen LogP contribution in [-0.4, -0.2) is 17.1 Å². The molecule has 9 heavy (non-hydrogen) atoms. The molecule has 0 amide bonds. The molecule has 0 unspecified atom stereocenters. The molecule has 0 aliphatic heterocycles. The SMILES string of the molecule is C[C@H](N)[C@@H](C)CC(=O)O. The zero-order valence-electron chi connectivity index (χ0n) is 5.79. The Morgan fingerprint density at radius 2 is 2.11 bits per heavy atom. The molecule has 0 aromatic rings. The monoisotopic (exact) mass is 131 g/mol. The van der Waals surface area contributed by atoms with Gasteiger partial charge in [0.1, 0.15) is 0 Å². The largest absolute Gasteiger partial charge is 0.481 e. The average molecular weight is 131 g/mol. The molecule has 3 heteroatoms. The Hall–Kier alpha value is -0.570. The van der Waals surface area contributed by atoms with Crippen LogP contribution < -0.4 is 5.73 Å². The van der Waals surface area contributed by atoms with Gasteiger partial charge in [-0.15, -0.1) is 0 Å². The van der Waals surface area contributed by atoms with Gasteiger partial charge >= 0.3 is 5.97 Å². The van der Waals surface area contributed by atoms with E-state index in [0.717, 1.165) is 0 Å². The second kappa shape index (κ2) is 3.45. The number of hydrogen-bond donors (Lipinski definition) is 2. The summed E-state index contributed by atoms with van der Waals surface area (Å²) in [4.78, 5) is 10.1. The number of carboxylic acids is 1.